The van der Waals surface area contributed by atoms with Crippen LogP contribution in [0, 0.1) is 5.82 Å². The molecule has 1 aliphatic rings. The lowest BCUT2D eigenvalue weighted by Gasteiger charge is -2.37. The van der Waals surface area contributed by atoms with Gasteiger partial charge in [-0.05, 0) is 24.3 Å². The molecule has 4 rings (SSSR count). The molecule has 0 atom stereocenters. The Hall–Kier alpha value is -3.13. The molecule has 6 nitrogen and oxygen atoms in total. The van der Waals surface area contributed by atoms with E-state index in [0.29, 0.717) is 5.03 Å². The van der Waals surface area contributed by atoms with Crippen LogP contribution in [0.1, 0.15) is 0 Å². The molecule has 0 spiro atoms. The monoisotopic (exact) mass is 423 g/mol. The van der Waals surface area contributed by atoms with Crippen molar-refractivity contribution in [3.63, 3.8) is 0 Å². The number of para-hydroxylation sites is 2. The second-order valence-electron chi connectivity index (χ2n) is 6.81. The number of hydrogen-bond acceptors (Lipinski definition) is 6. The smallest absolute Gasteiger partial charge is 0.234 e. The molecule has 0 unspecified atom stereocenters. The third kappa shape index (κ3) is 4.88. The first-order valence-electron chi connectivity index (χ1n) is 9.74. The van der Waals surface area contributed by atoms with E-state index in [1.54, 1.807) is 24.5 Å². The van der Waals surface area contributed by atoms with Crippen molar-refractivity contribution in [2.45, 2.75) is 5.03 Å². The number of piperazine rings is 1. The van der Waals surface area contributed by atoms with Crippen molar-refractivity contribution in [2.24, 2.45) is 0 Å². The molecule has 1 N–H and O–H groups in total. The van der Waals surface area contributed by atoms with E-state index >= 15 is 0 Å². The summed E-state index contributed by atoms with van der Waals surface area (Å²) in [5.74, 6) is 0.182. The molecule has 0 radical (unpaired) electrons. The molecule has 1 amide bonds. The highest BCUT2D eigenvalue weighted by Gasteiger charge is 2.21. The summed E-state index contributed by atoms with van der Waals surface area (Å²) in [6.45, 7) is 3.42. The summed E-state index contributed by atoms with van der Waals surface area (Å²) in [5, 5.41) is 3.30. The molecule has 30 heavy (non-hydrogen) atoms. The lowest BCUT2D eigenvalue weighted by atomic mass is 10.2. The minimum absolute atomic E-state index is 0.129. The molecule has 1 saturated heterocycles. The zero-order valence-corrected chi connectivity index (χ0v) is 17.2. The summed E-state index contributed by atoms with van der Waals surface area (Å²) in [4.78, 5) is 25.7. The van der Waals surface area contributed by atoms with E-state index in [9.17, 15) is 9.18 Å². The van der Waals surface area contributed by atoms with E-state index in [1.165, 1.54) is 29.6 Å². The van der Waals surface area contributed by atoms with Crippen LogP contribution in [0.25, 0.3) is 0 Å². The summed E-state index contributed by atoms with van der Waals surface area (Å²) in [6.07, 6.45) is 3.29. The number of anilines is 3. The maximum atomic E-state index is 13.7. The average molecular weight is 424 g/mol. The Morgan fingerprint density at radius 3 is 2.37 bits per heavy atom. The van der Waals surface area contributed by atoms with Gasteiger partial charge in [0.1, 0.15) is 10.8 Å². The number of thioether (sulfide) groups is 1. The Bertz CT molecular complexity index is 996. The van der Waals surface area contributed by atoms with Crippen LogP contribution in [0.3, 0.4) is 0 Å². The van der Waals surface area contributed by atoms with Crippen LogP contribution >= 0.6 is 11.8 Å². The number of benzene rings is 2. The summed E-state index contributed by atoms with van der Waals surface area (Å²) < 4.78 is 13.7. The number of halogens is 1. The Morgan fingerprint density at radius 2 is 1.60 bits per heavy atom. The predicted molar refractivity (Wildman–Crippen MR) is 119 cm³/mol. The molecule has 2 heterocycles. The number of nitrogens with one attached hydrogen (secondary N) is 1. The van der Waals surface area contributed by atoms with Crippen molar-refractivity contribution in [3.05, 3.63) is 72.8 Å². The molecule has 0 saturated carbocycles. The summed E-state index contributed by atoms with van der Waals surface area (Å²) in [5.41, 5.74) is 1.40. The van der Waals surface area contributed by atoms with Gasteiger partial charge in [-0.15, -0.1) is 0 Å². The highest BCUT2D eigenvalue weighted by Crippen LogP contribution is 2.27. The van der Waals surface area contributed by atoms with Crippen molar-refractivity contribution in [2.75, 3.05) is 47.0 Å². The standard InChI is InChI=1S/C22H22FN5OS/c23-18-8-4-5-9-19(18)26-20(29)16-30-22-21(24-10-11-25-22)28-14-12-27(13-15-28)17-6-2-1-3-7-17/h1-11H,12-16H2,(H,26,29). The molecule has 154 valence electrons. The average Bonchev–Trinajstić information content (AvgIpc) is 2.80. The second kappa shape index (κ2) is 9.58. The van der Waals surface area contributed by atoms with Crippen LogP contribution in [0.4, 0.5) is 21.6 Å². The molecular formula is C22H22FN5OS. The number of amides is 1. The van der Waals surface area contributed by atoms with Crippen LogP contribution in [-0.4, -0.2) is 47.8 Å². The number of rotatable bonds is 6. The first kappa shape index (κ1) is 20.2. The number of carbonyl (C=O) groups excluding carboxylic acids is 1. The van der Waals surface area contributed by atoms with Gasteiger partial charge in [-0.2, -0.15) is 0 Å². The first-order chi connectivity index (χ1) is 14.7. The molecule has 1 aromatic heterocycles. The van der Waals surface area contributed by atoms with Crippen molar-refractivity contribution in [3.8, 4) is 0 Å². The van der Waals surface area contributed by atoms with Gasteiger partial charge in [0.25, 0.3) is 0 Å². The predicted octanol–water partition coefficient (Wildman–Crippen LogP) is 3.67. The van der Waals surface area contributed by atoms with Crippen molar-refractivity contribution < 1.29 is 9.18 Å². The normalized spacial score (nSPS) is 13.9. The van der Waals surface area contributed by atoms with Gasteiger partial charge < -0.3 is 15.1 Å². The van der Waals surface area contributed by atoms with Crippen molar-refractivity contribution in [1.29, 1.82) is 0 Å². The quantitative estimate of drug-likeness (QED) is 0.611. The zero-order valence-electron chi connectivity index (χ0n) is 16.4. The van der Waals surface area contributed by atoms with Gasteiger partial charge in [-0.25, -0.2) is 14.4 Å². The highest BCUT2D eigenvalue weighted by molar-refractivity contribution is 8.00. The lowest BCUT2D eigenvalue weighted by molar-refractivity contribution is -0.113. The van der Waals surface area contributed by atoms with Gasteiger partial charge in [0.15, 0.2) is 5.82 Å². The zero-order chi connectivity index (χ0) is 20.8. The van der Waals surface area contributed by atoms with Crippen LogP contribution in [0.15, 0.2) is 72.0 Å². The van der Waals surface area contributed by atoms with Gasteiger partial charge in [0.05, 0.1) is 11.4 Å². The largest absolute Gasteiger partial charge is 0.368 e. The fourth-order valence-electron chi connectivity index (χ4n) is 3.33. The maximum Gasteiger partial charge on any atom is 0.234 e. The van der Waals surface area contributed by atoms with Crippen LogP contribution in [-0.2, 0) is 4.79 Å². The molecule has 3 aromatic rings. The SMILES string of the molecule is O=C(CSc1nccnc1N1CCN(c2ccccc2)CC1)Nc1ccccc1F. The van der Waals surface area contributed by atoms with E-state index in [1.807, 2.05) is 18.2 Å². The summed E-state index contributed by atoms with van der Waals surface area (Å²) in [7, 11) is 0. The van der Waals surface area contributed by atoms with Gasteiger partial charge in [-0.3, -0.25) is 4.79 Å². The van der Waals surface area contributed by atoms with Gasteiger partial charge in [-0.1, -0.05) is 42.1 Å². The van der Waals surface area contributed by atoms with Crippen molar-refractivity contribution in [1.82, 2.24) is 9.97 Å². The molecule has 1 aliphatic heterocycles. The number of aromatic nitrogens is 2. The molecule has 0 bridgehead atoms. The third-order valence-electron chi connectivity index (χ3n) is 4.84. The lowest BCUT2D eigenvalue weighted by Crippen LogP contribution is -2.47. The Balaban J connectivity index is 1.36. The molecular weight excluding hydrogens is 401 g/mol. The molecule has 2 aromatic carbocycles. The minimum Gasteiger partial charge on any atom is -0.368 e. The first-order valence-corrected chi connectivity index (χ1v) is 10.7. The summed E-state index contributed by atoms with van der Waals surface area (Å²) >= 11 is 1.31. The van der Waals surface area contributed by atoms with Crippen molar-refractivity contribution >= 4 is 34.9 Å². The van der Waals surface area contributed by atoms with Gasteiger partial charge in [0.2, 0.25) is 5.91 Å². The van der Waals surface area contributed by atoms with Gasteiger partial charge >= 0.3 is 0 Å². The molecule has 1 fully saturated rings. The Kier molecular flexibility index (Phi) is 6.44. The topological polar surface area (TPSA) is 61.4 Å². The van der Waals surface area contributed by atoms with Gasteiger partial charge in [0, 0.05) is 44.3 Å². The van der Waals surface area contributed by atoms with E-state index in [-0.39, 0.29) is 17.3 Å². The van der Waals surface area contributed by atoms with E-state index in [2.05, 4.69) is 37.2 Å². The fourth-order valence-corrected chi connectivity index (χ4v) is 4.12. The van der Waals surface area contributed by atoms with Crippen LogP contribution in [0.5, 0.6) is 0 Å². The summed E-state index contributed by atoms with van der Waals surface area (Å²) in [6, 6.07) is 16.5. The Labute approximate surface area is 179 Å². The van der Waals surface area contributed by atoms with Crippen LogP contribution < -0.4 is 15.1 Å². The number of nitrogens with zero attached hydrogens (tertiary/aromatic N) is 4. The minimum atomic E-state index is -0.452. The fraction of sp³-hybridized carbons (Fsp3) is 0.227. The van der Waals surface area contributed by atoms with E-state index in [0.717, 1.165) is 32.0 Å². The molecule has 0 aliphatic carbocycles. The van der Waals surface area contributed by atoms with Crippen LogP contribution in [0.2, 0.25) is 0 Å². The Morgan fingerprint density at radius 1 is 0.933 bits per heavy atom. The van der Waals surface area contributed by atoms with E-state index in [4.69, 9.17) is 0 Å². The number of hydrogen-bond donors (Lipinski definition) is 1. The second-order valence-corrected chi connectivity index (χ2v) is 7.78. The third-order valence-corrected chi connectivity index (χ3v) is 5.80. The molecule has 8 heteroatoms. The maximum absolute atomic E-state index is 13.7. The highest BCUT2D eigenvalue weighted by atomic mass is 32.2. The number of carbonyl (C=O) groups is 1. The van der Waals surface area contributed by atoms with E-state index < -0.39 is 5.82 Å².